The molecule has 90 valence electrons. The molecule has 0 radical (unpaired) electrons. The highest BCUT2D eigenvalue weighted by Gasteiger charge is 2.14. The van der Waals surface area contributed by atoms with Crippen LogP contribution in [0.1, 0.15) is 0 Å². The monoisotopic (exact) mass is 279 g/mol. The Morgan fingerprint density at radius 3 is 3.00 bits per heavy atom. The molecule has 0 saturated carbocycles. The Bertz CT molecular complexity index is 681. The first-order valence-corrected chi connectivity index (χ1v) is 6.21. The molecule has 5 nitrogen and oxygen atoms in total. The second kappa shape index (κ2) is 4.40. The van der Waals surface area contributed by atoms with E-state index in [1.807, 2.05) is 0 Å². The fourth-order valence-electron chi connectivity index (χ4n) is 1.44. The summed E-state index contributed by atoms with van der Waals surface area (Å²) < 4.78 is 5.13. The first-order chi connectivity index (χ1) is 8.74. The number of thiazole rings is 1. The highest BCUT2D eigenvalue weighted by atomic mass is 35.5. The van der Waals surface area contributed by atoms with E-state index in [0.29, 0.717) is 16.4 Å². The second-order valence-electron chi connectivity index (χ2n) is 3.45. The van der Waals surface area contributed by atoms with Crippen LogP contribution in [0.4, 0.5) is 0 Å². The summed E-state index contributed by atoms with van der Waals surface area (Å²) in [7, 11) is 0. The van der Waals surface area contributed by atoms with Crippen molar-refractivity contribution in [3.63, 3.8) is 0 Å². The quantitative estimate of drug-likeness (QED) is 0.780. The summed E-state index contributed by atoms with van der Waals surface area (Å²) in [6.07, 6.45) is 1.66. The number of phenols is 1. The van der Waals surface area contributed by atoms with Crippen molar-refractivity contribution >= 4 is 22.9 Å². The van der Waals surface area contributed by atoms with Crippen molar-refractivity contribution in [2.45, 2.75) is 0 Å². The molecule has 0 spiro atoms. The highest BCUT2D eigenvalue weighted by Crippen LogP contribution is 2.31. The standard InChI is InChI=1S/C11H6ClN3O2S/c12-8-2-1-6(16)3-7(8)11-14-10(15-17-11)9-4-13-5-18-9/h1-5,16H. The van der Waals surface area contributed by atoms with Crippen LogP contribution in [0.5, 0.6) is 5.75 Å². The van der Waals surface area contributed by atoms with E-state index in [1.165, 1.54) is 23.5 Å². The molecule has 0 bridgehead atoms. The van der Waals surface area contributed by atoms with E-state index >= 15 is 0 Å². The molecule has 0 aliphatic heterocycles. The smallest absolute Gasteiger partial charge is 0.259 e. The summed E-state index contributed by atoms with van der Waals surface area (Å²) in [6, 6.07) is 4.54. The minimum Gasteiger partial charge on any atom is -0.508 e. The maximum absolute atomic E-state index is 9.43. The van der Waals surface area contributed by atoms with Crippen molar-refractivity contribution in [3.8, 4) is 27.9 Å². The van der Waals surface area contributed by atoms with Crippen LogP contribution in [0.2, 0.25) is 5.02 Å². The fourth-order valence-corrected chi connectivity index (χ4v) is 2.18. The van der Waals surface area contributed by atoms with Crippen LogP contribution < -0.4 is 0 Å². The number of nitrogens with zero attached hydrogens (tertiary/aromatic N) is 3. The van der Waals surface area contributed by atoms with E-state index in [1.54, 1.807) is 17.8 Å². The van der Waals surface area contributed by atoms with E-state index in [-0.39, 0.29) is 11.6 Å². The summed E-state index contributed by atoms with van der Waals surface area (Å²) in [4.78, 5) is 8.97. The molecule has 3 aromatic rings. The largest absolute Gasteiger partial charge is 0.508 e. The van der Waals surface area contributed by atoms with Crippen LogP contribution in [-0.2, 0) is 0 Å². The van der Waals surface area contributed by atoms with Crippen molar-refractivity contribution in [1.29, 1.82) is 0 Å². The minimum atomic E-state index is 0.0898. The Labute approximate surface area is 111 Å². The Hall–Kier alpha value is -1.92. The first-order valence-electron chi connectivity index (χ1n) is 4.95. The summed E-state index contributed by atoms with van der Waals surface area (Å²) in [5.74, 6) is 0.804. The van der Waals surface area contributed by atoms with Crippen molar-refractivity contribution in [2.75, 3.05) is 0 Å². The molecule has 0 saturated heterocycles. The van der Waals surface area contributed by atoms with Crippen molar-refractivity contribution < 1.29 is 9.63 Å². The van der Waals surface area contributed by atoms with Crippen LogP contribution in [-0.4, -0.2) is 20.2 Å². The Balaban J connectivity index is 2.05. The van der Waals surface area contributed by atoms with Gasteiger partial charge in [0.1, 0.15) is 5.75 Å². The molecular weight excluding hydrogens is 274 g/mol. The van der Waals surface area contributed by atoms with Gasteiger partial charge in [-0.05, 0) is 18.2 Å². The predicted octanol–water partition coefficient (Wildman–Crippen LogP) is 3.22. The zero-order valence-electron chi connectivity index (χ0n) is 8.87. The first kappa shape index (κ1) is 11.2. The van der Waals surface area contributed by atoms with E-state index in [2.05, 4.69) is 15.1 Å². The van der Waals surface area contributed by atoms with Crippen LogP contribution in [0.25, 0.3) is 22.2 Å². The van der Waals surface area contributed by atoms with Gasteiger partial charge in [0.05, 0.1) is 21.0 Å². The van der Waals surface area contributed by atoms with Gasteiger partial charge in [-0.15, -0.1) is 11.3 Å². The van der Waals surface area contributed by atoms with Crippen LogP contribution in [0.3, 0.4) is 0 Å². The SMILES string of the molecule is Oc1ccc(Cl)c(-c2nc(-c3cncs3)no2)c1. The van der Waals surface area contributed by atoms with Crippen LogP contribution >= 0.6 is 22.9 Å². The molecule has 18 heavy (non-hydrogen) atoms. The lowest BCUT2D eigenvalue weighted by Crippen LogP contribution is -1.80. The average Bonchev–Trinajstić information content (AvgIpc) is 3.00. The number of aromatic nitrogens is 3. The number of rotatable bonds is 2. The van der Waals surface area contributed by atoms with Gasteiger partial charge in [-0.3, -0.25) is 4.98 Å². The Morgan fingerprint density at radius 1 is 1.33 bits per heavy atom. The predicted molar refractivity (Wildman–Crippen MR) is 67.5 cm³/mol. The molecule has 0 fully saturated rings. The molecule has 7 heteroatoms. The van der Waals surface area contributed by atoms with Gasteiger partial charge in [0.2, 0.25) is 5.82 Å². The van der Waals surface area contributed by atoms with Gasteiger partial charge in [0.15, 0.2) is 0 Å². The molecule has 0 aliphatic carbocycles. The second-order valence-corrected chi connectivity index (χ2v) is 4.75. The third kappa shape index (κ3) is 1.96. The lowest BCUT2D eigenvalue weighted by molar-refractivity contribution is 0.431. The van der Waals surface area contributed by atoms with Gasteiger partial charge < -0.3 is 9.63 Å². The minimum absolute atomic E-state index is 0.0898. The number of benzene rings is 1. The van der Waals surface area contributed by atoms with E-state index in [4.69, 9.17) is 16.1 Å². The molecule has 2 aromatic heterocycles. The van der Waals surface area contributed by atoms with Crippen LogP contribution in [0, 0.1) is 0 Å². The molecule has 0 aliphatic rings. The Morgan fingerprint density at radius 2 is 2.22 bits per heavy atom. The van der Waals surface area contributed by atoms with Gasteiger partial charge in [-0.25, -0.2) is 0 Å². The fraction of sp³-hybridized carbons (Fsp3) is 0. The third-order valence-corrected chi connectivity index (χ3v) is 3.36. The van der Waals surface area contributed by atoms with Gasteiger partial charge in [-0.2, -0.15) is 4.98 Å². The molecule has 0 unspecified atom stereocenters. The number of phenolic OH excluding ortho intramolecular Hbond substituents is 1. The maximum Gasteiger partial charge on any atom is 0.259 e. The zero-order valence-corrected chi connectivity index (χ0v) is 10.4. The lowest BCUT2D eigenvalue weighted by atomic mass is 10.2. The van der Waals surface area contributed by atoms with Crippen molar-refractivity contribution in [1.82, 2.24) is 15.1 Å². The molecule has 0 atom stereocenters. The van der Waals surface area contributed by atoms with E-state index < -0.39 is 0 Å². The molecule has 0 amide bonds. The molecule has 3 rings (SSSR count). The highest BCUT2D eigenvalue weighted by molar-refractivity contribution is 7.13. The summed E-state index contributed by atoms with van der Waals surface area (Å²) in [5.41, 5.74) is 2.19. The number of halogens is 1. The molecular formula is C11H6ClN3O2S. The molecule has 2 heterocycles. The van der Waals surface area contributed by atoms with Gasteiger partial charge >= 0.3 is 0 Å². The number of hydrogen-bond donors (Lipinski definition) is 1. The Kier molecular flexibility index (Phi) is 2.73. The van der Waals surface area contributed by atoms with Gasteiger partial charge in [0, 0.05) is 6.20 Å². The third-order valence-electron chi connectivity index (χ3n) is 2.26. The average molecular weight is 280 g/mol. The van der Waals surface area contributed by atoms with E-state index in [9.17, 15) is 5.11 Å². The number of hydrogen-bond acceptors (Lipinski definition) is 6. The van der Waals surface area contributed by atoms with Gasteiger partial charge in [0.25, 0.3) is 5.89 Å². The lowest BCUT2D eigenvalue weighted by Gasteiger charge is -1.98. The molecule has 1 aromatic carbocycles. The zero-order chi connectivity index (χ0) is 12.5. The summed E-state index contributed by atoms with van der Waals surface area (Å²) in [6.45, 7) is 0. The van der Waals surface area contributed by atoms with Gasteiger partial charge in [-0.1, -0.05) is 16.8 Å². The maximum atomic E-state index is 9.43. The van der Waals surface area contributed by atoms with Crippen molar-refractivity contribution in [3.05, 3.63) is 34.9 Å². The van der Waals surface area contributed by atoms with E-state index in [0.717, 1.165) is 4.88 Å². The number of aromatic hydroxyl groups is 1. The summed E-state index contributed by atoms with van der Waals surface area (Å²) in [5, 5.41) is 13.7. The topological polar surface area (TPSA) is 72.0 Å². The summed E-state index contributed by atoms with van der Waals surface area (Å²) >= 11 is 7.43. The van der Waals surface area contributed by atoms with Crippen LogP contribution in [0.15, 0.2) is 34.4 Å². The molecule has 1 N–H and O–H groups in total. The normalized spacial score (nSPS) is 10.7. The van der Waals surface area contributed by atoms with Crippen molar-refractivity contribution in [2.24, 2.45) is 0 Å².